The highest BCUT2D eigenvalue weighted by Gasteiger charge is 2.10. The second-order valence-electron chi connectivity index (χ2n) is 5.38. The molecule has 0 bridgehead atoms. The molecule has 0 aliphatic carbocycles. The van der Waals surface area contributed by atoms with E-state index in [4.69, 9.17) is 4.74 Å². The molecule has 0 unspecified atom stereocenters. The van der Waals surface area contributed by atoms with Crippen molar-refractivity contribution in [3.8, 4) is 0 Å². The lowest BCUT2D eigenvalue weighted by atomic mass is 10.2. The van der Waals surface area contributed by atoms with Gasteiger partial charge >= 0.3 is 0 Å². The Morgan fingerprint density at radius 1 is 1.24 bits per heavy atom. The second kappa shape index (κ2) is 8.16. The van der Waals surface area contributed by atoms with E-state index >= 15 is 0 Å². The normalized spacial score (nSPS) is 11.2. The molecule has 0 amide bonds. The van der Waals surface area contributed by atoms with Gasteiger partial charge in [-0.15, -0.1) is 0 Å². The number of hydrogen-bond acceptors (Lipinski definition) is 6. The fourth-order valence-corrected chi connectivity index (χ4v) is 2.44. The summed E-state index contributed by atoms with van der Waals surface area (Å²) in [5.41, 5.74) is 4.11. The first kappa shape index (κ1) is 16.8. The van der Waals surface area contributed by atoms with Gasteiger partial charge < -0.3 is 4.74 Å². The van der Waals surface area contributed by atoms with Crippen LogP contribution < -0.4 is 11.0 Å². The number of fused-ring (bicyclic) bond motifs is 1. The third-order valence-corrected chi connectivity index (χ3v) is 3.64. The molecule has 128 valence electrons. The number of nitrogens with zero attached hydrogens (tertiary/aromatic N) is 4. The van der Waals surface area contributed by atoms with Gasteiger partial charge in [0.2, 0.25) is 5.95 Å². The molecule has 7 nitrogen and oxygen atoms in total. The number of aromatic nitrogens is 3. The van der Waals surface area contributed by atoms with Crippen LogP contribution in [0.4, 0.5) is 5.95 Å². The van der Waals surface area contributed by atoms with Gasteiger partial charge in [0.05, 0.1) is 22.8 Å². The number of nitrogens with one attached hydrogen (secondary N) is 1. The van der Waals surface area contributed by atoms with Crippen molar-refractivity contribution >= 4 is 23.1 Å². The molecule has 0 aliphatic heterocycles. The van der Waals surface area contributed by atoms with E-state index in [1.54, 1.807) is 30.2 Å². The minimum Gasteiger partial charge on any atom is -0.385 e. The minimum absolute atomic E-state index is 0.0998. The maximum Gasteiger partial charge on any atom is 0.262 e. The predicted octanol–water partition coefficient (Wildman–Crippen LogP) is 2.27. The van der Waals surface area contributed by atoms with Gasteiger partial charge in [-0.05, 0) is 30.7 Å². The van der Waals surface area contributed by atoms with Crippen molar-refractivity contribution in [1.82, 2.24) is 14.5 Å². The maximum atomic E-state index is 12.8. The van der Waals surface area contributed by atoms with Crippen LogP contribution in [0.3, 0.4) is 0 Å². The number of hydrogen-bond donors (Lipinski definition) is 1. The number of ether oxygens (including phenoxy) is 1. The molecule has 7 heteroatoms. The zero-order valence-corrected chi connectivity index (χ0v) is 13.9. The van der Waals surface area contributed by atoms with Crippen LogP contribution >= 0.6 is 0 Å². The summed E-state index contributed by atoms with van der Waals surface area (Å²) in [6.45, 7) is 1.06. The molecule has 25 heavy (non-hydrogen) atoms. The Balaban J connectivity index is 1.92. The first-order valence-electron chi connectivity index (χ1n) is 7.98. The van der Waals surface area contributed by atoms with E-state index in [2.05, 4.69) is 20.5 Å². The number of hydrazone groups is 1. The van der Waals surface area contributed by atoms with Gasteiger partial charge in [-0.2, -0.15) is 5.10 Å². The molecule has 2 aromatic heterocycles. The smallest absolute Gasteiger partial charge is 0.262 e. The third kappa shape index (κ3) is 4.07. The fourth-order valence-electron chi connectivity index (χ4n) is 2.44. The van der Waals surface area contributed by atoms with Gasteiger partial charge in [-0.25, -0.2) is 10.4 Å². The Morgan fingerprint density at radius 2 is 2.08 bits per heavy atom. The third-order valence-electron chi connectivity index (χ3n) is 3.64. The highest BCUT2D eigenvalue weighted by atomic mass is 16.5. The summed E-state index contributed by atoms with van der Waals surface area (Å²) in [5.74, 6) is 0.395. The lowest BCUT2D eigenvalue weighted by Gasteiger charge is -2.12. The summed E-state index contributed by atoms with van der Waals surface area (Å²) in [6.07, 6.45) is 3.98. The van der Waals surface area contributed by atoms with Crippen molar-refractivity contribution in [2.24, 2.45) is 5.10 Å². The van der Waals surface area contributed by atoms with Gasteiger partial charge in [-0.3, -0.25) is 14.3 Å². The van der Waals surface area contributed by atoms with E-state index in [-0.39, 0.29) is 5.56 Å². The monoisotopic (exact) mass is 337 g/mol. The highest BCUT2D eigenvalue weighted by Crippen LogP contribution is 2.11. The predicted molar refractivity (Wildman–Crippen MR) is 97.9 cm³/mol. The van der Waals surface area contributed by atoms with E-state index < -0.39 is 0 Å². The van der Waals surface area contributed by atoms with E-state index in [0.29, 0.717) is 42.1 Å². The highest BCUT2D eigenvalue weighted by molar-refractivity contribution is 5.79. The lowest BCUT2D eigenvalue weighted by Crippen LogP contribution is -2.25. The molecule has 0 aliphatic rings. The van der Waals surface area contributed by atoms with Gasteiger partial charge in [0, 0.05) is 26.5 Å². The Kier molecular flexibility index (Phi) is 5.48. The maximum absolute atomic E-state index is 12.8. The Morgan fingerprint density at radius 3 is 2.88 bits per heavy atom. The summed E-state index contributed by atoms with van der Waals surface area (Å²) in [6, 6.07) is 12.8. The lowest BCUT2D eigenvalue weighted by molar-refractivity contribution is 0.190. The summed E-state index contributed by atoms with van der Waals surface area (Å²) in [4.78, 5) is 21.4. The van der Waals surface area contributed by atoms with Crippen molar-refractivity contribution in [3.63, 3.8) is 0 Å². The molecule has 3 aromatic rings. The number of para-hydroxylation sites is 1. The van der Waals surface area contributed by atoms with Crippen molar-refractivity contribution in [2.75, 3.05) is 19.1 Å². The summed E-state index contributed by atoms with van der Waals surface area (Å²) in [7, 11) is 1.64. The molecule has 0 spiro atoms. The number of rotatable bonds is 7. The zero-order chi connectivity index (χ0) is 17.5. The molecule has 0 atom stereocenters. The average Bonchev–Trinajstić information content (AvgIpc) is 2.65. The van der Waals surface area contributed by atoms with Crippen molar-refractivity contribution in [1.29, 1.82) is 0 Å². The Hall–Kier alpha value is -3.06. The van der Waals surface area contributed by atoms with E-state index in [1.807, 2.05) is 36.4 Å². The second-order valence-corrected chi connectivity index (χ2v) is 5.38. The number of methoxy groups -OCH3 is 1. The number of benzene rings is 1. The molecular formula is C18H19N5O2. The van der Waals surface area contributed by atoms with E-state index in [9.17, 15) is 4.79 Å². The fraction of sp³-hybridized carbons (Fsp3) is 0.222. The Labute approximate surface area is 145 Å². The Bertz CT molecular complexity index is 922. The van der Waals surface area contributed by atoms with Crippen molar-refractivity contribution < 1.29 is 4.74 Å². The molecule has 1 aromatic carbocycles. The molecule has 3 rings (SSSR count). The van der Waals surface area contributed by atoms with Crippen LogP contribution in [0.5, 0.6) is 0 Å². The summed E-state index contributed by atoms with van der Waals surface area (Å²) in [5, 5.41) is 4.74. The van der Waals surface area contributed by atoms with Crippen LogP contribution in [0.25, 0.3) is 10.9 Å². The van der Waals surface area contributed by atoms with Gasteiger partial charge in [0.1, 0.15) is 0 Å². The quantitative estimate of drug-likeness (QED) is 0.406. The SMILES string of the molecule is COCCCn1c(N/N=C\c2ccccn2)nc2ccccc2c1=O. The average molecular weight is 337 g/mol. The number of anilines is 1. The molecule has 0 saturated carbocycles. The largest absolute Gasteiger partial charge is 0.385 e. The molecule has 0 fully saturated rings. The first-order chi connectivity index (χ1) is 12.3. The van der Waals surface area contributed by atoms with Gasteiger partial charge in [0.25, 0.3) is 5.56 Å². The summed E-state index contributed by atoms with van der Waals surface area (Å²) < 4.78 is 6.66. The molecule has 0 radical (unpaired) electrons. The molecular weight excluding hydrogens is 318 g/mol. The van der Waals surface area contributed by atoms with Gasteiger partial charge in [-0.1, -0.05) is 18.2 Å². The minimum atomic E-state index is -0.0998. The van der Waals surface area contributed by atoms with Crippen LogP contribution in [-0.4, -0.2) is 34.5 Å². The van der Waals surface area contributed by atoms with Crippen LogP contribution in [0, 0.1) is 0 Å². The standard InChI is InChI=1S/C18H19N5O2/c1-25-12-6-11-23-17(24)15-8-2-3-9-16(15)21-18(23)22-20-13-14-7-4-5-10-19-14/h2-5,7-10,13H,6,11-12H2,1H3,(H,21,22)/b20-13-. The van der Waals surface area contributed by atoms with Crippen molar-refractivity contribution in [3.05, 3.63) is 64.7 Å². The van der Waals surface area contributed by atoms with E-state index in [0.717, 1.165) is 0 Å². The summed E-state index contributed by atoms with van der Waals surface area (Å²) >= 11 is 0. The topological polar surface area (TPSA) is 81.4 Å². The van der Waals surface area contributed by atoms with Gasteiger partial charge in [0.15, 0.2) is 0 Å². The first-order valence-corrected chi connectivity index (χ1v) is 7.98. The number of pyridine rings is 1. The van der Waals surface area contributed by atoms with E-state index in [1.165, 1.54) is 0 Å². The molecule has 2 heterocycles. The van der Waals surface area contributed by atoms with Crippen molar-refractivity contribution in [2.45, 2.75) is 13.0 Å². The van der Waals surface area contributed by atoms with Crippen LogP contribution in [-0.2, 0) is 11.3 Å². The van der Waals surface area contributed by atoms with Crippen LogP contribution in [0.2, 0.25) is 0 Å². The molecule has 0 saturated heterocycles. The van der Waals surface area contributed by atoms with Crippen LogP contribution in [0.15, 0.2) is 58.6 Å². The molecule has 1 N–H and O–H groups in total. The van der Waals surface area contributed by atoms with Crippen LogP contribution in [0.1, 0.15) is 12.1 Å². The zero-order valence-electron chi connectivity index (χ0n) is 13.9.